The topological polar surface area (TPSA) is 126 Å². The largest absolute Gasteiger partial charge is 0.478 e. The Kier molecular flexibility index (Phi) is 8.44. The van der Waals surface area contributed by atoms with E-state index in [9.17, 15) is 9.90 Å². The maximum Gasteiger partial charge on any atom is 0.339 e. The minimum absolute atomic E-state index is 0.0656. The monoisotopic (exact) mass is 560 g/mol. The van der Waals surface area contributed by atoms with Gasteiger partial charge in [-0.25, -0.2) is 24.7 Å². The van der Waals surface area contributed by atoms with Crippen LogP contribution < -0.4 is 18.9 Å². The number of benzene rings is 2. The highest BCUT2D eigenvalue weighted by atomic mass is 35.5. The first-order valence-electron chi connectivity index (χ1n) is 9.40. The van der Waals surface area contributed by atoms with E-state index < -0.39 is 5.97 Å². The van der Waals surface area contributed by atoms with E-state index in [-0.39, 0.29) is 38.4 Å². The average Bonchev–Trinajstić information content (AvgIpc) is 2.84. The van der Waals surface area contributed by atoms with Gasteiger partial charge >= 0.3 is 5.97 Å². The molecule has 0 aliphatic heterocycles. The number of rotatable bonds is 5. The Balaban J connectivity index is 0.000000198. The molecule has 184 valence electrons. The fourth-order valence-corrected chi connectivity index (χ4v) is 3.59. The van der Waals surface area contributed by atoms with Crippen molar-refractivity contribution in [1.82, 2.24) is 19.9 Å². The molecule has 1 N–H and O–H groups in total. The Labute approximate surface area is 218 Å². The SMILES string of the molecule is COc1nc2cc(Cl)c(Cl)c(C(=O)O)c2nc1OC.COc1nc2cc(Cl)c(Cl)cc2nc1OC. The predicted octanol–water partition coefficient (Wildman–Crippen LogP) is 5.61. The number of halogens is 4. The van der Waals surface area contributed by atoms with Gasteiger partial charge in [0.2, 0.25) is 0 Å². The summed E-state index contributed by atoms with van der Waals surface area (Å²) < 4.78 is 20.1. The van der Waals surface area contributed by atoms with Crippen LogP contribution in [0.2, 0.25) is 20.1 Å². The van der Waals surface area contributed by atoms with Crippen LogP contribution >= 0.6 is 46.4 Å². The number of hydrogen-bond acceptors (Lipinski definition) is 9. The van der Waals surface area contributed by atoms with Gasteiger partial charge in [0.1, 0.15) is 11.1 Å². The van der Waals surface area contributed by atoms with Crippen molar-refractivity contribution < 1.29 is 28.8 Å². The van der Waals surface area contributed by atoms with Crippen molar-refractivity contribution in [3.05, 3.63) is 43.9 Å². The molecule has 0 aliphatic rings. The Morgan fingerprint density at radius 2 is 1.03 bits per heavy atom. The van der Waals surface area contributed by atoms with Gasteiger partial charge in [-0.1, -0.05) is 46.4 Å². The highest BCUT2D eigenvalue weighted by Gasteiger charge is 2.21. The lowest BCUT2D eigenvalue weighted by molar-refractivity contribution is 0.0699. The molecule has 0 radical (unpaired) electrons. The summed E-state index contributed by atoms with van der Waals surface area (Å²) in [5.41, 5.74) is 1.32. The van der Waals surface area contributed by atoms with Crippen LogP contribution in [0, 0.1) is 0 Å². The fraction of sp³-hybridized carbons (Fsp3) is 0.190. The quantitative estimate of drug-likeness (QED) is 0.328. The first-order chi connectivity index (χ1) is 16.6. The molecule has 0 bridgehead atoms. The number of carboxylic acid groups (broad SMARTS) is 1. The molecule has 35 heavy (non-hydrogen) atoms. The van der Waals surface area contributed by atoms with Crippen molar-refractivity contribution in [1.29, 1.82) is 0 Å². The van der Waals surface area contributed by atoms with Crippen LogP contribution in [0.25, 0.3) is 22.1 Å². The molecule has 10 nitrogen and oxygen atoms in total. The Morgan fingerprint density at radius 1 is 0.657 bits per heavy atom. The Morgan fingerprint density at radius 3 is 1.43 bits per heavy atom. The summed E-state index contributed by atoms with van der Waals surface area (Å²) in [6.07, 6.45) is 0. The zero-order valence-corrected chi connectivity index (χ0v) is 21.5. The third-order valence-corrected chi connectivity index (χ3v) is 5.93. The second-order valence-corrected chi connectivity index (χ2v) is 8.06. The van der Waals surface area contributed by atoms with Crippen LogP contribution in [-0.2, 0) is 0 Å². The maximum absolute atomic E-state index is 11.3. The number of aromatic nitrogens is 4. The summed E-state index contributed by atoms with van der Waals surface area (Å²) in [5, 5.41) is 10.0. The van der Waals surface area contributed by atoms with Crippen LogP contribution in [0.4, 0.5) is 0 Å². The summed E-state index contributed by atoms with van der Waals surface area (Å²) >= 11 is 23.5. The third-order valence-electron chi connectivity index (χ3n) is 4.42. The minimum atomic E-state index is -1.25. The lowest BCUT2D eigenvalue weighted by Crippen LogP contribution is -2.04. The van der Waals surface area contributed by atoms with Gasteiger partial charge in [0.15, 0.2) is 0 Å². The van der Waals surface area contributed by atoms with E-state index in [1.165, 1.54) is 34.5 Å². The number of aromatic carboxylic acids is 1. The molecule has 2 aromatic heterocycles. The van der Waals surface area contributed by atoms with Crippen LogP contribution in [0.3, 0.4) is 0 Å². The zero-order valence-electron chi connectivity index (χ0n) is 18.5. The average molecular weight is 562 g/mol. The molecule has 0 unspecified atom stereocenters. The molecule has 0 spiro atoms. The normalized spacial score (nSPS) is 10.5. The highest BCUT2D eigenvalue weighted by molar-refractivity contribution is 6.45. The summed E-state index contributed by atoms with van der Waals surface area (Å²) in [6.45, 7) is 0. The van der Waals surface area contributed by atoms with Crippen LogP contribution in [0.5, 0.6) is 23.5 Å². The summed E-state index contributed by atoms with van der Waals surface area (Å²) in [6, 6.07) is 4.68. The lowest BCUT2D eigenvalue weighted by Gasteiger charge is -2.10. The summed E-state index contributed by atoms with van der Waals surface area (Å²) in [7, 11) is 5.76. The number of nitrogens with zero attached hydrogens (tertiary/aromatic N) is 4. The standard InChI is InChI=1S/C11H8Cl2N2O4.C10H8Cl2N2O2/c1-18-9-10(19-2)15-8-5(14-9)3-4(12)7(13)6(8)11(16)17;1-15-9-10(16-2)14-8-4-6(12)5(11)3-7(8)13-9/h3H,1-2H3,(H,16,17);3-4H,1-2H3. The number of hydrogen-bond donors (Lipinski definition) is 1. The molecule has 0 aliphatic carbocycles. The van der Waals surface area contributed by atoms with Crippen molar-refractivity contribution in [3.8, 4) is 23.5 Å². The van der Waals surface area contributed by atoms with Gasteiger partial charge in [-0.2, -0.15) is 0 Å². The Bertz CT molecular complexity index is 1390. The van der Waals surface area contributed by atoms with E-state index in [0.717, 1.165) is 0 Å². The molecular formula is C21H16Cl4N4O6. The number of methoxy groups -OCH3 is 4. The highest BCUT2D eigenvalue weighted by Crippen LogP contribution is 2.35. The molecule has 0 atom stereocenters. The molecular weight excluding hydrogens is 546 g/mol. The third kappa shape index (κ3) is 5.46. The lowest BCUT2D eigenvalue weighted by atomic mass is 10.1. The molecule has 2 heterocycles. The van der Waals surface area contributed by atoms with E-state index >= 15 is 0 Å². The maximum atomic E-state index is 11.3. The van der Waals surface area contributed by atoms with E-state index in [2.05, 4.69) is 19.9 Å². The van der Waals surface area contributed by atoms with Crippen molar-refractivity contribution >= 4 is 74.4 Å². The number of carboxylic acids is 1. The van der Waals surface area contributed by atoms with Gasteiger partial charge in [0.05, 0.1) is 65.1 Å². The van der Waals surface area contributed by atoms with Crippen LogP contribution in [-0.4, -0.2) is 59.5 Å². The van der Waals surface area contributed by atoms with Gasteiger partial charge in [-0.05, 0) is 18.2 Å². The first kappa shape index (κ1) is 26.6. The Hall–Kier alpha value is -3.05. The number of ether oxygens (including phenoxy) is 4. The van der Waals surface area contributed by atoms with Crippen molar-refractivity contribution in [2.45, 2.75) is 0 Å². The number of fused-ring (bicyclic) bond motifs is 2. The minimum Gasteiger partial charge on any atom is -0.478 e. The zero-order chi connectivity index (χ0) is 25.9. The van der Waals surface area contributed by atoms with Crippen molar-refractivity contribution in [3.63, 3.8) is 0 Å². The molecule has 0 amide bonds. The molecule has 0 saturated heterocycles. The second-order valence-electron chi connectivity index (χ2n) is 6.46. The van der Waals surface area contributed by atoms with Gasteiger partial charge < -0.3 is 24.1 Å². The van der Waals surface area contributed by atoms with Gasteiger partial charge in [-0.15, -0.1) is 0 Å². The fourth-order valence-electron chi connectivity index (χ4n) is 2.85. The first-order valence-corrected chi connectivity index (χ1v) is 10.9. The summed E-state index contributed by atoms with van der Waals surface area (Å²) in [5.74, 6) is -0.429. The molecule has 0 fully saturated rings. The molecule has 4 rings (SSSR count). The van der Waals surface area contributed by atoms with Crippen molar-refractivity contribution in [2.75, 3.05) is 28.4 Å². The smallest absolute Gasteiger partial charge is 0.339 e. The molecule has 0 saturated carbocycles. The summed E-state index contributed by atoms with van der Waals surface area (Å²) in [4.78, 5) is 27.8. The number of carbonyl (C=O) groups is 1. The molecule has 14 heteroatoms. The predicted molar refractivity (Wildman–Crippen MR) is 132 cm³/mol. The molecule has 4 aromatic rings. The van der Waals surface area contributed by atoms with Gasteiger partial charge in [0, 0.05) is 0 Å². The van der Waals surface area contributed by atoms with Crippen molar-refractivity contribution in [2.24, 2.45) is 0 Å². The van der Waals surface area contributed by atoms with Crippen LogP contribution in [0.15, 0.2) is 18.2 Å². The van der Waals surface area contributed by atoms with E-state index in [0.29, 0.717) is 32.8 Å². The molecule has 2 aromatic carbocycles. The van der Waals surface area contributed by atoms with Gasteiger partial charge in [0.25, 0.3) is 23.5 Å². The van der Waals surface area contributed by atoms with Gasteiger partial charge in [-0.3, -0.25) is 0 Å². The second kappa shape index (κ2) is 11.1. The van der Waals surface area contributed by atoms with E-state index in [1.54, 1.807) is 12.1 Å². The van der Waals surface area contributed by atoms with E-state index in [4.69, 9.17) is 65.4 Å². The van der Waals surface area contributed by atoms with Crippen LogP contribution in [0.1, 0.15) is 10.4 Å². The van der Waals surface area contributed by atoms with E-state index in [1.807, 2.05) is 0 Å².